The lowest BCUT2D eigenvalue weighted by atomic mass is 9.90. The van der Waals surface area contributed by atoms with Crippen LogP contribution in [0.5, 0.6) is 0 Å². The zero-order valence-corrected chi connectivity index (χ0v) is 28.6. The molecule has 1 fully saturated rings. The monoisotopic (exact) mass is 670 g/mol. The third-order valence-electron chi connectivity index (χ3n) is 9.77. The molecule has 4 aromatic carbocycles. The molecule has 1 aliphatic heterocycles. The molecule has 0 bridgehead atoms. The average Bonchev–Trinajstić information content (AvgIpc) is 3.14. The molecule has 1 saturated heterocycles. The third-order valence-corrected chi connectivity index (χ3v) is 9.77. The number of nitrogens with zero attached hydrogens (tertiary/aromatic N) is 4. The second-order valence-corrected chi connectivity index (χ2v) is 13.2. The molecule has 0 spiro atoms. The Balaban J connectivity index is 0.798. The van der Waals surface area contributed by atoms with Crippen LogP contribution in [0.3, 0.4) is 0 Å². The normalized spacial score (nSPS) is 13.8. The second kappa shape index (κ2) is 15.7. The minimum absolute atomic E-state index is 0.0146. The Morgan fingerprint density at radius 1 is 0.680 bits per heavy atom. The summed E-state index contributed by atoms with van der Waals surface area (Å²) in [5.74, 6) is 1.77. The zero-order chi connectivity index (χ0) is 34.3. The van der Waals surface area contributed by atoms with Crippen LogP contribution in [0.2, 0.25) is 0 Å². The van der Waals surface area contributed by atoms with Gasteiger partial charge in [-0.25, -0.2) is 9.97 Å². The number of anilines is 2. The van der Waals surface area contributed by atoms with E-state index in [0.29, 0.717) is 64.4 Å². The number of amides is 2. The van der Waals surface area contributed by atoms with Gasteiger partial charge in [-0.1, -0.05) is 54.6 Å². The van der Waals surface area contributed by atoms with E-state index in [1.54, 1.807) is 0 Å². The van der Waals surface area contributed by atoms with Crippen molar-refractivity contribution in [2.45, 2.75) is 32.1 Å². The average molecular weight is 671 g/mol. The largest absolute Gasteiger partial charge is 0.370 e. The first-order valence-corrected chi connectivity index (χ1v) is 17.9. The summed E-state index contributed by atoms with van der Waals surface area (Å²) < 4.78 is 0. The van der Waals surface area contributed by atoms with Gasteiger partial charge in [-0.15, -0.1) is 0 Å². The lowest BCUT2D eigenvalue weighted by molar-refractivity contribution is -0.133. The summed E-state index contributed by atoms with van der Waals surface area (Å²) in [7, 11) is 0. The van der Waals surface area contributed by atoms with Crippen molar-refractivity contribution >= 4 is 66.8 Å². The first-order valence-electron chi connectivity index (χ1n) is 17.9. The van der Waals surface area contributed by atoms with Crippen molar-refractivity contribution in [1.29, 1.82) is 0 Å². The lowest BCUT2D eigenvalue weighted by Crippen LogP contribution is -2.51. The van der Waals surface area contributed by atoms with Crippen LogP contribution in [-0.2, 0) is 16.0 Å². The van der Waals surface area contributed by atoms with Gasteiger partial charge in [-0.3, -0.25) is 14.5 Å². The van der Waals surface area contributed by atoms with E-state index in [1.165, 1.54) is 37.9 Å². The molecular formula is C40H46N8O2. The summed E-state index contributed by atoms with van der Waals surface area (Å²) in [6, 6.07) is 27.7. The Kier molecular flexibility index (Phi) is 10.5. The molecule has 1 aliphatic rings. The molecule has 7 rings (SSSR count). The molecule has 5 N–H and O–H groups in total. The summed E-state index contributed by atoms with van der Waals surface area (Å²) in [4.78, 5) is 39.1. The van der Waals surface area contributed by atoms with E-state index >= 15 is 0 Å². The van der Waals surface area contributed by atoms with Crippen molar-refractivity contribution in [3.8, 4) is 0 Å². The third kappa shape index (κ3) is 7.72. The number of piperazine rings is 1. The van der Waals surface area contributed by atoms with Gasteiger partial charge in [0.15, 0.2) is 5.65 Å². The van der Waals surface area contributed by atoms with Crippen molar-refractivity contribution in [1.82, 2.24) is 25.1 Å². The molecule has 50 heavy (non-hydrogen) atoms. The quantitative estimate of drug-likeness (QED) is 0.0848. The van der Waals surface area contributed by atoms with Crippen molar-refractivity contribution < 1.29 is 9.59 Å². The van der Waals surface area contributed by atoms with Gasteiger partial charge < -0.3 is 26.6 Å². The minimum atomic E-state index is 0.0146. The molecule has 6 aromatic rings. The molecule has 0 saturated carbocycles. The van der Waals surface area contributed by atoms with Crippen molar-refractivity contribution in [2.75, 3.05) is 69.5 Å². The van der Waals surface area contributed by atoms with E-state index in [4.69, 9.17) is 5.73 Å². The fourth-order valence-electron chi connectivity index (χ4n) is 7.06. The fourth-order valence-corrected chi connectivity index (χ4v) is 7.06. The Labute approximate surface area is 292 Å². The Morgan fingerprint density at radius 2 is 1.32 bits per heavy atom. The van der Waals surface area contributed by atoms with Crippen LogP contribution in [0.15, 0.2) is 78.9 Å². The maximum Gasteiger partial charge on any atom is 0.234 e. The predicted molar refractivity (Wildman–Crippen MR) is 204 cm³/mol. The molecule has 3 heterocycles. The van der Waals surface area contributed by atoms with Crippen molar-refractivity contribution in [3.63, 3.8) is 0 Å². The van der Waals surface area contributed by atoms with Gasteiger partial charge in [0.2, 0.25) is 11.8 Å². The van der Waals surface area contributed by atoms with Crippen LogP contribution in [-0.4, -0.2) is 90.5 Å². The smallest absolute Gasteiger partial charge is 0.234 e. The molecule has 0 radical (unpaired) electrons. The number of aromatic nitrogens is 2. The fraction of sp³-hybridized carbons (Fsp3) is 0.350. The van der Waals surface area contributed by atoms with Gasteiger partial charge in [0.25, 0.3) is 0 Å². The number of benzene rings is 4. The SMILES string of the molecule is NCCCNc1ccc2ccc(NCCCNC(=O)CN3CCN(C(=O)CCCc4ccc5ccc6cccc7ccc4c5c67)CC3)nc2n1. The predicted octanol–water partition coefficient (Wildman–Crippen LogP) is 5.37. The number of nitrogens with one attached hydrogen (secondary N) is 3. The van der Waals surface area contributed by atoms with Crippen LogP contribution in [0, 0.1) is 0 Å². The number of hydrogen-bond donors (Lipinski definition) is 4. The maximum absolute atomic E-state index is 13.1. The summed E-state index contributed by atoms with van der Waals surface area (Å²) in [6.07, 6.45) is 3.89. The highest BCUT2D eigenvalue weighted by molar-refractivity contribution is 6.23. The highest BCUT2D eigenvalue weighted by Crippen LogP contribution is 2.36. The molecular weight excluding hydrogens is 624 g/mol. The topological polar surface area (TPSA) is 129 Å². The summed E-state index contributed by atoms with van der Waals surface area (Å²) in [5, 5.41) is 18.4. The summed E-state index contributed by atoms with van der Waals surface area (Å²) in [5.41, 5.74) is 7.56. The number of aryl methyl sites for hydroxylation is 1. The van der Waals surface area contributed by atoms with E-state index in [-0.39, 0.29) is 11.8 Å². The number of nitrogens with two attached hydrogens (primary N) is 1. The summed E-state index contributed by atoms with van der Waals surface area (Å²) in [6.45, 7) is 5.77. The van der Waals surface area contributed by atoms with Gasteiger partial charge >= 0.3 is 0 Å². The number of rotatable bonds is 15. The maximum atomic E-state index is 13.1. The molecule has 10 nitrogen and oxygen atoms in total. The zero-order valence-electron chi connectivity index (χ0n) is 28.6. The molecule has 0 atom stereocenters. The van der Waals surface area contributed by atoms with E-state index in [1.807, 2.05) is 29.2 Å². The van der Waals surface area contributed by atoms with Crippen molar-refractivity contribution in [2.24, 2.45) is 5.73 Å². The van der Waals surface area contributed by atoms with Gasteiger partial charge in [-0.05, 0) is 94.4 Å². The molecule has 2 amide bonds. The van der Waals surface area contributed by atoms with E-state index < -0.39 is 0 Å². The Hall–Kier alpha value is -5.06. The molecule has 258 valence electrons. The van der Waals surface area contributed by atoms with E-state index in [9.17, 15) is 9.59 Å². The van der Waals surface area contributed by atoms with Crippen LogP contribution in [0.25, 0.3) is 43.4 Å². The van der Waals surface area contributed by atoms with Gasteiger partial charge in [0.1, 0.15) is 11.6 Å². The van der Waals surface area contributed by atoms with E-state index in [2.05, 4.69) is 85.4 Å². The highest BCUT2D eigenvalue weighted by Gasteiger charge is 2.22. The minimum Gasteiger partial charge on any atom is -0.370 e. The number of pyridine rings is 2. The molecule has 0 unspecified atom stereocenters. The first-order chi connectivity index (χ1) is 24.6. The molecule has 0 aliphatic carbocycles. The molecule has 10 heteroatoms. The second-order valence-electron chi connectivity index (χ2n) is 13.2. The van der Waals surface area contributed by atoms with Gasteiger partial charge in [-0.2, -0.15) is 0 Å². The van der Waals surface area contributed by atoms with Crippen LogP contribution in [0.1, 0.15) is 31.2 Å². The van der Waals surface area contributed by atoms with Crippen LogP contribution in [0.4, 0.5) is 11.6 Å². The van der Waals surface area contributed by atoms with Crippen LogP contribution >= 0.6 is 0 Å². The van der Waals surface area contributed by atoms with Crippen molar-refractivity contribution in [3.05, 3.63) is 84.4 Å². The first kappa shape index (κ1) is 33.4. The number of hydrogen-bond acceptors (Lipinski definition) is 8. The summed E-state index contributed by atoms with van der Waals surface area (Å²) >= 11 is 0. The lowest BCUT2D eigenvalue weighted by Gasteiger charge is -2.34. The Bertz CT molecular complexity index is 2080. The highest BCUT2D eigenvalue weighted by atomic mass is 16.2. The Morgan fingerprint density at radius 3 is 2.04 bits per heavy atom. The number of carbonyl (C=O) groups is 2. The van der Waals surface area contributed by atoms with Gasteiger partial charge in [0.05, 0.1) is 6.54 Å². The number of carbonyl (C=O) groups excluding carboxylic acids is 2. The van der Waals surface area contributed by atoms with E-state index in [0.717, 1.165) is 49.2 Å². The molecule has 2 aromatic heterocycles. The number of fused-ring (bicyclic) bond motifs is 1. The van der Waals surface area contributed by atoms with Gasteiger partial charge in [0, 0.05) is 57.6 Å². The van der Waals surface area contributed by atoms with Crippen LogP contribution < -0.4 is 21.7 Å². The standard InChI is InChI=1S/C40H46N8O2/c41-19-3-20-42-34-17-14-32-15-18-35(46-40(32)45-34)43-21-4-22-44-36(49)27-47-23-25-48(26-24-47)37(50)8-2-5-28-9-10-31-12-11-29-6-1-7-30-13-16-33(28)39(31)38(29)30/h1,6-7,9-18H,2-5,8,19-27,41H2,(H,44,49)(H2,42,43,45,46).